The van der Waals surface area contributed by atoms with Crippen molar-refractivity contribution in [3.05, 3.63) is 29.6 Å². The molecule has 0 aromatic heterocycles. The second kappa shape index (κ2) is 6.65. The standard InChI is InChI=1S/C17H24FNO3/c1-12-4-5-13(18)10-15(12)22-14-6-8-19(9-7-14)11-17(2,3)16(20)21/h4-5,10,14H,6-9,11H2,1-3H3,(H,20,21). The molecule has 0 amide bonds. The lowest BCUT2D eigenvalue weighted by atomic mass is 9.92. The van der Waals surface area contributed by atoms with Crippen molar-refractivity contribution in [1.29, 1.82) is 0 Å². The fourth-order valence-corrected chi connectivity index (χ4v) is 2.69. The highest BCUT2D eigenvalue weighted by atomic mass is 19.1. The highest BCUT2D eigenvalue weighted by Crippen LogP contribution is 2.25. The number of hydrogen-bond donors (Lipinski definition) is 1. The number of likely N-dealkylation sites (tertiary alicyclic amines) is 1. The molecule has 122 valence electrons. The topological polar surface area (TPSA) is 49.8 Å². The number of hydrogen-bond acceptors (Lipinski definition) is 3. The van der Waals surface area contributed by atoms with Crippen LogP contribution < -0.4 is 4.74 Å². The molecule has 2 rings (SSSR count). The number of carbonyl (C=O) groups is 1. The predicted molar refractivity (Wildman–Crippen MR) is 82.6 cm³/mol. The van der Waals surface area contributed by atoms with E-state index in [9.17, 15) is 14.3 Å². The minimum absolute atomic E-state index is 0.0599. The molecule has 0 aliphatic carbocycles. The largest absolute Gasteiger partial charge is 0.490 e. The summed E-state index contributed by atoms with van der Waals surface area (Å²) in [5, 5.41) is 9.19. The van der Waals surface area contributed by atoms with Crippen LogP contribution in [0.25, 0.3) is 0 Å². The van der Waals surface area contributed by atoms with Crippen molar-refractivity contribution < 1.29 is 19.0 Å². The van der Waals surface area contributed by atoms with Crippen molar-refractivity contribution in [2.75, 3.05) is 19.6 Å². The van der Waals surface area contributed by atoms with E-state index in [-0.39, 0.29) is 11.9 Å². The van der Waals surface area contributed by atoms with Gasteiger partial charge in [-0.1, -0.05) is 6.07 Å². The number of ether oxygens (including phenoxy) is 1. The quantitative estimate of drug-likeness (QED) is 0.908. The number of carboxylic acid groups (broad SMARTS) is 1. The van der Waals surface area contributed by atoms with Crippen molar-refractivity contribution in [1.82, 2.24) is 4.90 Å². The molecular weight excluding hydrogens is 285 g/mol. The fourth-order valence-electron chi connectivity index (χ4n) is 2.69. The van der Waals surface area contributed by atoms with Crippen molar-refractivity contribution in [3.8, 4) is 5.75 Å². The van der Waals surface area contributed by atoms with Crippen molar-refractivity contribution in [2.45, 2.75) is 39.7 Å². The van der Waals surface area contributed by atoms with E-state index in [1.165, 1.54) is 12.1 Å². The second-order valence-corrected chi connectivity index (χ2v) is 6.69. The Balaban J connectivity index is 1.87. The van der Waals surface area contributed by atoms with Crippen LogP contribution in [0, 0.1) is 18.2 Å². The van der Waals surface area contributed by atoms with E-state index in [4.69, 9.17) is 4.74 Å². The van der Waals surface area contributed by atoms with Gasteiger partial charge in [0.05, 0.1) is 5.41 Å². The summed E-state index contributed by atoms with van der Waals surface area (Å²) in [7, 11) is 0. The Morgan fingerprint density at radius 1 is 1.41 bits per heavy atom. The summed E-state index contributed by atoms with van der Waals surface area (Å²) in [5.74, 6) is -0.466. The first-order valence-corrected chi connectivity index (χ1v) is 7.66. The van der Waals surface area contributed by atoms with Gasteiger partial charge in [-0.3, -0.25) is 4.79 Å². The SMILES string of the molecule is Cc1ccc(F)cc1OC1CCN(CC(C)(C)C(=O)O)CC1. The van der Waals surface area contributed by atoms with Gasteiger partial charge < -0.3 is 14.7 Å². The third-order valence-electron chi connectivity index (χ3n) is 4.18. The summed E-state index contributed by atoms with van der Waals surface area (Å²) in [6.45, 7) is 7.53. The third kappa shape index (κ3) is 4.19. The first-order valence-electron chi connectivity index (χ1n) is 7.66. The van der Waals surface area contributed by atoms with E-state index in [1.807, 2.05) is 6.92 Å². The lowest BCUT2D eigenvalue weighted by Gasteiger charge is -2.35. The van der Waals surface area contributed by atoms with E-state index in [0.717, 1.165) is 31.5 Å². The van der Waals surface area contributed by atoms with Gasteiger partial charge in [-0.05, 0) is 45.2 Å². The van der Waals surface area contributed by atoms with Crippen LogP contribution in [-0.4, -0.2) is 41.7 Å². The number of benzene rings is 1. The van der Waals surface area contributed by atoms with E-state index in [0.29, 0.717) is 12.3 Å². The van der Waals surface area contributed by atoms with Crippen molar-refractivity contribution >= 4 is 5.97 Å². The van der Waals surface area contributed by atoms with Gasteiger partial charge in [-0.15, -0.1) is 0 Å². The van der Waals surface area contributed by atoms with Gasteiger partial charge in [0.25, 0.3) is 0 Å². The third-order valence-corrected chi connectivity index (χ3v) is 4.18. The van der Waals surface area contributed by atoms with Crippen molar-refractivity contribution in [3.63, 3.8) is 0 Å². The highest BCUT2D eigenvalue weighted by molar-refractivity contribution is 5.73. The summed E-state index contributed by atoms with van der Waals surface area (Å²) >= 11 is 0. The number of rotatable bonds is 5. The number of aryl methyl sites for hydroxylation is 1. The molecular formula is C17H24FNO3. The Morgan fingerprint density at radius 2 is 2.05 bits per heavy atom. The maximum Gasteiger partial charge on any atom is 0.310 e. The molecule has 1 fully saturated rings. The minimum atomic E-state index is -0.777. The van der Waals surface area contributed by atoms with Gasteiger partial charge in [-0.2, -0.15) is 0 Å². The first-order chi connectivity index (χ1) is 10.3. The molecule has 22 heavy (non-hydrogen) atoms. The second-order valence-electron chi connectivity index (χ2n) is 6.69. The summed E-state index contributed by atoms with van der Waals surface area (Å²) in [5.41, 5.74) is 0.183. The summed E-state index contributed by atoms with van der Waals surface area (Å²) < 4.78 is 19.2. The van der Waals surface area contributed by atoms with Gasteiger partial charge in [0.2, 0.25) is 0 Å². The lowest BCUT2D eigenvalue weighted by molar-refractivity contribution is -0.148. The monoisotopic (exact) mass is 309 g/mol. The molecule has 0 saturated carbocycles. The number of nitrogens with zero attached hydrogens (tertiary/aromatic N) is 1. The number of piperidine rings is 1. The van der Waals surface area contributed by atoms with Gasteiger partial charge in [-0.25, -0.2) is 4.39 Å². The first kappa shape index (κ1) is 16.7. The lowest BCUT2D eigenvalue weighted by Crippen LogP contribution is -2.45. The van der Waals surface area contributed by atoms with Crippen LogP contribution in [0.5, 0.6) is 5.75 Å². The normalized spacial score (nSPS) is 17.5. The van der Waals surface area contributed by atoms with E-state index < -0.39 is 11.4 Å². The number of carboxylic acids is 1. The Labute approximate surface area is 130 Å². The molecule has 0 unspecified atom stereocenters. The molecule has 1 aromatic carbocycles. The molecule has 4 nitrogen and oxygen atoms in total. The molecule has 0 radical (unpaired) electrons. The van der Waals surface area contributed by atoms with Crippen LogP contribution in [0.15, 0.2) is 18.2 Å². The van der Waals surface area contributed by atoms with Gasteiger partial charge in [0.1, 0.15) is 17.7 Å². The molecule has 1 saturated heterocycles. The Bertz CT molecular complexity index is 537. The van der Waals surface area contributed by atoms with Gasteiger partial charge in [0, 0.05) is 25.7 Å². The summed E-state index contributed by atoms with van der Waals surface area (Å²) in [6.07, 6.45) is 1.71. The maximum absolute atomic E-state index is 13.3. The summed E-state index contributed by atoms with van der Waals surface area (Å²) in [6, 6.07) is 4.57. The Morgan fingerprint density at radius 3 is 2.64 bits per heavy atom. The molecule has 1 heterocycles. The smallest absolute Gasteiger partial charge is 0.310 e. The number of halogens is 1. The maximum atomic E-state index is 13.3. The molecule has 1 aromatic rings. The van der Waals surface area contributed by atoms with Crippen LogP contribution >= 0.6 is 0 Å². The average Bonchev–Trinajstić information content (AvgIpc) is 2.44. The predicted octanol–water partition coefficient (Wildman–Crippen LogP) is 3.09. The van der Waals surface area contributed by atoms with E-state index >= 15 is 0 Å². The number of aliphatic carboxylic acids is 1. The van der Waals surface area contributed by atoms with Crippen LogP contribution in [0.1, 0.15) is 32.3 Å². The zero-order valence-electron chi connectivity index (χ0n) is 13.4. The average molecular weight is 309 g/mol. The van der Waals surface area contributed by atoms with Gasteiger partial charge in [0.15, 0.2) is 0 Å². The fraction of sp³-hybridized carbons (Fsp3) is 0.588. The molecule has 1 aliphatic rings. The van der Waals surface area contributed by atoms with E-state index in [2.05, 4.69) is 4.90 Å². The Hall–Kier alpha value is -1.62. The molecule has 0 bridgehead atoms. The van der Waals surface area contributed by atoms with Crippen LogP contribution in [0.2, 0.25) is 0 Å². The zero-order valence-corrected chi connectivity index (χ0v) is 13.4. The van der Waals surface area contributed by atoms with Crippen LogP contribution in [0.3, 0.4) is 0 Å². The summed E-state index contributed by atoms with van der Waals surface area (Å²) in [4.78, 5) is 13.3. The highest BCUT2D eigenvalue weighted by Gasteiger charge is 2.31. The van der Waals surface area contributed by atoms with Gasteiger partial charge >= 0.3 is 5.97 Å². The molecule has 1 N–H and O–H groups in total. The molecule has 0 atom stereocenters. The minimum Gasteiger partial charge on any atom is -0.490 e. The van der Waals surface area contributed by atoms with E-state index in [1.54, 1.807) is 19.9 Å². The van der Waals surface area contributed by atoms with Crippen molar-refractivity contribution in [2.24, 2.45) is 5.41 Å². The Kier molecular flexibility index (Phi) is 5.06. The zero-order chi connectivity index (χ0) is 16.3. The van der Waals surface area contributed by atoms with Crippen LogP contribution in [0.4, 0.5) is 4.39 Å². The molecule has 1 aliphatic heterocycles. The van der Waals surface area contributed by atoms with Crippen LogP contribution in [-0.2, 0) is 4.79 Å². The molecule has 5 heteroatoms. The molecule has 0 spiro atoms.